The van der Waals surface area contributed by atoms with Crippen LogP contribution in [0.3, 0.4) is 0 Å². The first-order chi connectivity index (χ1) is 14.7. The van der Waals surface area contributed by atoms with E-state index in [1.54, 1.807) is 17.1 Å². The third-order valence-electron chi connectivity index (χ3n) is 6.18. The van der Waals surface area contributed by atoms with Crippen LogP contribution in [0.5, 0.6) is 0 Å². The minimum atomic E-state index is -0.131. The van der Waals surface area contributed by atoms with Gasteiger partial charge in [-0.2, -0.15) is 5.10 Å². The molecule has 1 amide bonds. The number of anilines is 1. The molecule has 30 heavy (non-hydrogen) atoms. The van der Waals surface area contributed by atoms with Crippen molar-refractivity contribution in [1.82, 2.24) is 24.6 Å². The highest BCUT2D eigenvalue weighted by Gasteiger charge is 2.41. The first kappa shape index (κ1) is 19.0. The van der Waals surface area contributed by atoms with Gasteiger partial charge in [-0.25, -0.2) is 9.97 Å². The topological polar surface area (TPSA) is 76.4 Å². The molecule has 2 fully saturated rings. The number of aromatic nitrogens is 4. The van der Waals surface area contributed by atoms with E-state index in [1.165, 1.54) is 0 Å². The average molecular weight is 406 g/mol. The van der Waals surface area contributed by atoms with Gasteiger partial charge in [0.1, 0.15) is 0 Å². The van der Waals surface area contributed by atoms with Crippen LogP contribution in [0.25, 0.3) is 10.9 Å². The van der Waals surface area contributed by atoms with Crippen LogP contribution in [0, 0.1) is 5.41 Å². The number of hydrogen-bond donors (Lipinski definition) is 0. The predicted molar refractivity (Wildman–Crippen MR) is 113 cm³/mol. The Morgan fingerprint density at radius 3 is 2.80 bits per heavy atom. The number of piperidine rings is 1. The van der Waals surface area contributed by atoms with E-state index >= 15 is 0 Å². The molecule has 1 spiro atoms. The molecular formula is C22H26N6O2. The molecule has 1 atom stereocenters. The van der Waals surface area contributed by atoms with Gasteiger partial charge in [-0.3, -0.25) is 9.48 Å². The van der Waals surface area contributed by atoms with Gasteiger partial charge in [0, 0.05) is 56.4 Å². The van der Waals surface area contributed by atoms with Crippen molar-refractivity contribution in [3.05, 3.63) is 48.4 Å². The third-order valence-corrected chi connectivity index (χ3v) is 6.18. The molecule has 4 heterocycles. The van der Waals surface area contributed by atoms with Gasteiger partial charge in [-0.05, 0) is 25.0 Å². The molecule has 3 aromatic rings. The van der Waals surface area contributed by atoms with Gasteiger partial charge in [0.05, 0.1) is 18.7 Å². The summed E-state index contributed by atoms with van der Waals surface area (Å²) in [5.74, 6) is 0.721. The smallest absolute Gasteiger partial charge is 0.275 e. The number of likely N-dealkylation sites (tertiary alicyclic amines) is 1. The van der Waals surface area contributed by atoms with Gasteiger partial charge in [-0.15, -0.1) is 0 Å². The first-order valence-electron chi connectivity index (χ1n) is 10.5. The van der Waals surface area contributed by atoms with E-state index in [0.29, 0.717) is 25.5 Å². The highest BCUT2D eigenvalue weighted by molar-refractivity contribution is 6.04. The number of carbonyl (C=O) groups excluding carboxylic acids is 1. The molecule has 8 nitrogen and oxygen atoms in total. The fourth-order valence-corrected chi connectivity index (χ4v) is 4.77. The van der Waals surface area contributed by atoms with Crippen LogP contribution in [0.4, 0.5) is 5.95 Å². The minimum absolute atomic E-state index is 0.00219. The van der Waals surface area contributed by atoms with Crippen LogP contribution < -0.4 is 4.90 Å². The lowest BCUT2D eigenvalue weighted by atomic mass is 9.80. The predicted octanol–water partition coefficient (Wildman–Crippen LogP) is 2.12. The maximum absolute atomic E-state index is 13.5. The van der Waals surface area contributed by atoms with Crippen molar-refractivity contribution in [1.29, 1.82) is 0 Å². The molecule has 2 aliphatic rings. The molecular weight excluding hydrogens is 380 g/mol. The Labute approximate surface area is 175 Å². The van der Waals surface area contributed by atoms with Crippen molar-refractivity contribution < 1.29 is 9.53 Å². The van der Waals surface area contributed by atoms with Crippen LogP contribution in [-0.2, 0) is 11.8 Å². The number of benzene rings is 1. The van der Waals surface area contributed by atoms with Gasteiger partial charge >= 0.3 is 0 Å². The molecule has 0 saturated carbocycles. The summed E-state index contributed by atoms with van der Waals surface area (Å²) in [6.45, 7) is 4.21. The SMILES string of the molecule is Cn1nc(C(=O)N2CCC[C@]3(COCCN(c4ncccn4)C3)C2)c2ccccc21. The molecule has 1 aromatic carbocycles. The standard InChI is InChI=1S/C22H26N6O2/c1-26-18-7-3-2-6-17(18)19(25-26)20(29)27-11-4-8-22(14-27)15-28(12-13-30-16-22)21-23-9-5-10-24-21/h2-3,5-7,9-10H,4,8,11-16H2,1H3/t22-/m0/s1. The van der Waals surface area contributed by atoms with E-state index in [1.807, 2.05) is 42.3 Å². The van der Waals surface area contributed by atoms with E-state index in [-0.39, 0.29) is 11.3 Å². The van der Waals surface area contributed by atoms with Gasteiger partial charge in [0.25, 0.3) is 5.91 Å². The van der Waals surface area contributed by atoms with Crippen LogP contribution >= 0.6 is 0 Å². The molecule has 8 heteroatoms. The Bertz CT molecular complexity index is 1050. The summed E-state index contributed by atoms with van der Waals surface area (Å²) in [5.41, 5.74) is 1.37. The van der Waals surface area contributed by atoms with Crippen LogP contribution in [0.2, 0.25) is 0 Å². The number of amides is 1. The third kappa shape index (κ3) is 3.41. The van der Waals surface area contributed by atoms with Gasteiger partial charge in [-0.1, -0.05) is 18.2 Å². The van der Waals surface area contributed by atoms with E-state index in [2.05, 4.69) is 20.0 Å². The number of hydrogen-bond acceptors (Lipinski definition) is 6. The second kappa shape index (κ2) is 7.68. The average Bonchev–Trinajstić information content (AvgIpc) is 2.99. The van der Waals surface area contributed by atoms with Crippen molar-refractivity contribution in [2.24, 2.45) is 12.5 Å². The highest BCUT2D eigenvalue weighted by Crippen LogP contribution is 2.35. The van der Waals surface area contributed by atoms with Gasteiger partial charge < -0.3 is 14.5 Å². The fourth-order valence-electron chi connectivity index (χ4n) is 4.77. The fraction of sp³-hybridized carbons (Fsp3) is 0.455. The van der Waals surface area contributed by atoms with Crippen molar-refractivity contribution in [3.63, 3.8) is 0 Å². The minimum Gasteiger partial charge on any atom is -0.379 e. The summed E-state index contributed by atoms with van der Waals surface area (Å²) in [6, 6.07) is 9.71. The zero-order chi connectivity index (χ0) is 20.6. The number of nitrogens with zero attached hydrogens (tertiary/aromatic N) is 6. The number of fused-ring (bicyclic) bond motifs is 1. The van der Waals surface area contributed by atoms with Crippen LogP contribution in [-0.4, -0.2) is 69.9 Å². The van der Waals surface area contributed by atoms with E-state index in [4.69, 9.17) is 4.74 Å². The summed E-state index contributed by atoms with van der Waals surface area (Å²) in [7, 11) is 1.88. The Balaban J connectivity index is 1.41. The maximum Gasteiger partial charge on any atom is 0.275 e. The molecule has 0 N–H and O–H groups in total. The Morgan fingerprint density at radius 1 is 1.10 bits per heavy atom. The van der Waals surface area contributed by atoms with E-state index < -0.39 is 0 Å². The molecule has 0 bridgehead atoms. The van der Waals surface area contributed by atoms with Crippen molar-refractivity contribution in [2.75, 3.05) is 44.3 Å². The molecule has 0 radical (unpaired) electrons. The zero-order valence-corrected chi connectivity index (χ0v) is 17.2. The summed E-state index contributed by atoms with van der Waals surface area (Å²) < 4.78 is 7.78. The summed E-state index contributed by atoms with van der Waals surface area (Å²) >= 11 is 0. The lowest BCUT2D eigenvalue weighted by Gasteiger charge is -2.43. The number of carbonyl (C=O) groups is 1. The van der Waals surface area contributed by atoms with E-state index in [9.17, 15) is 4.79 Å². The zero-order valence-electron chi connectivity index (χ0n) is 17.2. The van der Waals surface area contributed by atoms with E-state index in [0.717, 1.165) is 49.3 Å². The summed E-state index contributed by atoms with van der Waals surface area (Å²) in [6.07, 6.45) is 5.50. The molecule has 156 valence electrons. The lowest BCUT2D eigenvalue weighted by molar-refractivity contribution is 0.0133. The summed E-state index contributed by atoms with van der Waals surface area (Å²) in [4.78, 5) is 26.5. The molecule has 2 saturated heterocycles. The molecule has 5 rings (SSSR count). The van der Waals surface area contributed by atoms with Crippen molar-refractivity contribution >= 4 is 22.8 Å². The lowest BCUT2D eigenvalue weighted by Crippen LogP contribution is -2.52. The van der Waals surface area contributed by atoms with Crippen LogP contribution in [0.15, 0.2) is 42.7 Å². The maximum atomic E-state index is 13.5. The number of aryl methyl sites for hydroxylation is 1. The Kier molecular flexibility index (Phi) is 4.86. The highest BCUT2D eigenvalue weighted by atomic mass is 16.5. The normalized spacial score (nSPS) is 22.4. The first-order valence-corrected chi connectivity index (χ1v) is 10.5. The number of rotatable bonds is 2. The van der Waals surface area contributed by atoms with Crippen molar-refractivity contribution in [3.8, 4) is 0 Å². The number of ether oxygens (including phenoxy) is 1. The Morgan fingerprint density at radius 2 is 1.93 bits per heavy atom. The largest absolute Gasteiger partial charge is 0.379 e. The Hall–Kier alpha value is -3.00. The molecule has 0 unspecified atom stereocenters. The molecule has 2 aliphatic heterocycles. The summed E-state index contributed by atoms with van der Waals surface area (Å²) in [5, 5.41) is 5.45. The second-order valence-corrected chi connectivity index (χ2v) is 8.34. The van der Waals surface area contributed by atoms with Crippen LogP contribution in [0.1, 0.15) is 23.3 Å². The quantitative estimate of drug-likeness (QED) is 0.649. The molecule has 0 aliphatic carbocycles. The van der Waals surface area contributed by atoms with Crippen molar-refractivity contribution in [2.45, 2.75) is 12.8 Å². The van der Waals surface area contributed by atoms with Gasteiger partial charge in [0.15, 0.2) is 5.69 Å². The van der Waals surface area contributed by atoms with Gasteiger partial charge in [0.2, 0.25) is 5.95 Å². The second-order valence-electron chi connectivity index (χ2n) is 8.34. The molecule has 2 aromatic heterocycles. The monoisotopic (exact) mass is 406 g/mol. The number of para-hydroxylation sites is 1.